The first-order valence-electron chi connectivity index (χ1n) is 11.2. The van der Waals surface area contributed by atoms with Crippen molar-refractivity contribution >= 4 is 27.9 Å². The summed E-state index contributed by atoms with van der Waals surface area (Å²) in [6, 6.07) is 9.96. The Labute approximate surface area is 187 Å². The lowest BCUT2D eigenvalue weighted by Crippen LogP contribution is -2.49. The molecular weight excluding hydrogens is 404 g/mol. The van der Waals surface area contributed by atoms with Gasteiger partial charge in [-0.1, -0.05) is 13.3 Å². The fourth-order valence-corrected chi connectivity index (χ4v) is 5.64. The van der Waals surface area contributed by atoms with Crippen LogP contribution in [0, 0.1) is 0 Å². The third kappa shape index (κ3) is 4.12. The van der Waals surface area contributed by atoms with Crippen molar-refractivity contribution in [3.05, 3.63) is 59.4 Å². The molecular formula is C24H30N6S. The first-order chi connectivity index (χ1) is 15.2. The Morgan fingerprint density at radius 1 is 1.23 bits per heavy atom. The zero-order valence-electron chi connectivity index (χ0n) is 18.2. The molecule has 0 spiro atoms. The van der Waals surface area contributed by atoms with Gasteiger partial charge < -0.3 is 9.88 Å². The van der Waals surface area contributed by atoms with Crippen LogP contribution in [0.1, 0.15) is 38.2 Å². The molecule has 1 saturated heterocycles. The smallest absolute Gasteiger partial charge is 0.123 e. The maximum Gasteiger partial charge on any atom is 0.123 e. The maximum atomic E-state index is 3.96. The molecule has 4 aromatic rings. The lowest BCUT2D eigenvalue weighted by molar-refractivity contribution is 0.179. The van der Waals surface area contributed by atoms with Gasteiger partial charge in [0.15, 0.2) is 0 Å². The van der Waals surface area contributed by atoms with Crippen molar-refractivity contribution in [1.29, 1.82) is 0 Å². The van der Waals surface area contributed by atoms with E-state index in [2.05, 4.69) is 80.2 Å². The number of piperidine rings is 1. The molecule has 2 atom stereocenters. The van der Waals surface area contributed by atoms with Crippen molar-refractivity contribution in [3.8, 4) is 5.69 Å². The number of H-pyrrole nitrogens is 1. The van der Waals surface area contributed by atoms with Gasteiger partial charge in [-0.2, -0.15) is 11.3 Å². The van der Waals surface area contributed by atoms with E-state index >= 15 is 0 Å². The summed E-state index contributed by atoms with van der Waals surface area (Å²) in [5, 5.41) is 13.6. The normalized spacial score (nSPS) is 19.5. The molecule has 0 radical (unpaired) electrons. The molecule has 2 unspecified atom stereocenters. The number of thiophene rings is 1. The first kappa shape index (κ1) is 20.3. The summed E-state index contributed by atoms with van der Waals surface area (Å²) >= 11 is 1.79. The summed E-state index contributed by atoms with van der Waals surface area (Å²) in [5.74, 6) is 0. The van der Waals surface area contributed by atoms with E-state index < -0.39 is 0 Å². The number of fused-ring (bicyclic) bond motifs is 1. The van der Waals surface area contributed by atoms with Crippen LogP contribution in [0.15, 0.2) is 53.9 Å². The molecule has 1 aliphatic heterocycles. The SMILES string of the molecule is CCCC1CC(N(C)Cc2ccsc2)CCN1c1c[nH]c2ccc(-n3cnnc3)cc12. The number of nitrogens with zero attached hydrogens (tertiary/aromatic N) is 5. The number of benzene rings is 1. The molecule has 1 N–H and O–H groups in total. The number of rotatable bonds is 7. The van der Waals surface area contributed by atoms with Crippen LogP contribution in [-0.2, 0) is 6.54 Å². The lowest BCUT2D eigenvalue weighted by Gasteiger charge is -2.43. The van der Waals surface area contributed by atoms with Crippen LogP contribution >= 0.6 is 11.3 Å². The highest BCUT2D eigenvalue weighted by Crippen LogP contribution is 2.35. The molecule has 5 rings (SSSR count). The highest BCUT2D eigenvalue weighted by atomic mass is 32.1. The largest absolute Gasteiger partial charge is 0.367 e. The Kier molecular flexibility index (Phi) is 5.78. The van der Waals surface area contributed by atoms with Crippen molar-refractivity contribution < 1.29 is 0 Å². The second-order valence-corrected chi connectivity index (χ2v) is 9.41. The number of anilines is 1. The Hall–Kier alpha value is -2.64. The summed E-state index contributed by atoms with van der Waals surface area (Å²) in [6.45, 7) is 4.44. The third-order valence-electron chi connectivity index (χ3n) is 6.62. The van der Waals surface area contributed by atoms with Gasteiger partial charge in [-0.05, 0) is 66.9 Å². The molecule has 1 aliphatic rings. The Morgan fingerprint density at radius 3 is 2.87 bits per heavy atom. The van der Waals surface area contributed by atoms with Gasteiger partial charge in [-0.3, -0.25) is 9.47 Å². The Morgan fingerprint density at radius 2 is 2.10 bits per heavy atom. The van der Waals surface area contributed by atoms with Crippen molar-refractivity contribution in [3.63, 3.8) is 0 Å². The number of nitrogens with one attached hydrogen (secondary N) is 1. The maximum absolute atomic E-state index is 3.96. The van der Waals surface area contributed by atoms with Crippen molar-refractivity contribution in [2.75, 3.05) is 18.5 Å². The number of hydrogen-bond acceptors (Lipinski definition) is 5. The lowest BCUT2D eigenvalue weighted by atomic mass is 9.92. The van der Waals surface area contributed by atoms with Crippen molar-refractivity contribution in [2.45, 2.75) is 51.2 Å². The zero-order chi connectivity index (χ0) is 21.2. The van der Waals surface area contributed by atoms with E-state index in [-0.39, 0.29) is 0 Å². The van der Waals surface area contributed by atoms with Gasteiger partial charge in [-0.25, -0.2) is 0 Å². The molecule has 3 aromatic heterocycles. The minimum atomic E-state index is 0.561. The fourth-order valence-electron chi connectivity index (χ4n) is 4.98. The highest BCUT2D eigenvalue weighted by Gasteiger charge is 2.31. The molecule has 162 valence electrons. The summed E-state index contributed by atoms with van der Waals surface area (Å²) < 4.78 is 1.96. The molecule has 7 heteroatoms. The molecule has 0 amide bonds. The van der Waals surface area contributed by atoms with Crippen LogP contribution in [0.2, 0.25) is 0 Å². The standard InChI is InChI=1S/C24H30N6S/c1-3-4-21-11-19(28(2)14-18-8-10-31-15-18)7-9-30(21)24-13-25-23-6-5-20(12-22(23)24)29-16-26-27-17-29/h5-6,8,10,12-13,15-17,19,21,25H,3-4,7,9,11,14H2,1-2H3. The van der Waals surface area contributed by atoms with Gasteiger partial charge in [0.2, 0.25) is 0 Å². The third-order valence-corrected chi connectivity index (χ3v) is 7.35. The van der Waals surface area contributed by atoms with Crippen LogP contribution < -0.4 is 4.90 Å². The second kappa shape index (κ2) is 8.85. The fraction of sp³-hybridized carbons (Fsp3) is 0.417. The van der Waals surface area contributed by atoms with Crippen LogP contribution in [0.25, 0.3) is 16.6 Å². The molecule has 0 aliphatic carbocycles. The van der Waals surface area contributed by atoms with Crippen LogP contribution in [0.3, 0.4) is 0 Å². The van der Waals surface area contributed by atoms with Crippen LogP contribution in [0.5, 0.6) is 0 Å². The highest BCUT2D eigenvalue weighted by molar-refractivity contribution is 7.07. The van der Waals surface area contributed by atoms with Gasteiger partial charge in [-0.15, -0.1) is 10.2 Å². The minimum absolute atomic E-state index is 0.561. The predicted octanol–water partition coefficient (Wildman–Crippen LogP) is 5.08. The van der Waals surface area contributed by atoms with Crippen LogP contribution in [0.4, 0.5) is 5.69 Å². The number of hydrogen-bond donors (Lipinski definition) is 1. The summed E-state index contributed by atoms with van der Waals surface area (Å²) in [6.07, 6.45) is 10.5. The van der Waals surface area contributed by atoms with Gasteiger partial charge in [0.25, 0.3) is 0 Å². The average molecular weight is 435 g/mol. The van der Waals surface area contributed by atoms with E-state index in [9.17, 15) is 0 Å². The van der Waals surface area contributed by atoms with Gasteiger partial charge in [0.05, 0.1) is 5.69 Å². The zero-order valence-corrected chi connectivity index (χ0v) is 19.1. The predicted molar refractivity (Wildman–Crippen MR) is 128 cm³/mol. The molecule has 4 heterocycles. The molecule has 1 fully saturated rings. The average Bonchev–Trinajstić information content (AvgIpc) is 3.55. The minimum Gasteiger partial charge on any atom is -0.367 e. The number of aromatic amines is 1. The molecule has 6 nitrogen and oxygen atoms in total. The quantitative estimate of drug-likeness (QED) is 0.441. The van der Waals surface area contributed by atoms with E-state index in [1.54, 1.807) is 24.0 Å². The van der Waals surface area contributed by atoms with Crippen LogP contribution in [-0.4, -0.2) is 50.3 Å². The second-order valence-electron chi connectivity index (χ2n) is 8.63. The molecule has 31 heavy (non-hydrogen) atoms. The summed E-state index contributed by atoms with van der Waals surface area (Å²) in [5.41, 5.74) is 5.02. The molecule has 0 saturated carbocycles. The van der Waals surface area contributed by atoms with Gasteiger partial charge in [0, 0.05) is 48.0 Å². The van der Waals surface area contributed by atoms with E-state index in [0.717, 1.165) is 18.8 Å². The Bertz CT molecular complexity index is 1100. The Balaban J connectivity index is 1.39. The molecule has 0 bridgehead atoms. The van der Waals surface area contributed by atoms with E-state index in [1.807, 2.05) is 4.57 Å². The van der Waals surface area contributed by atoms with Gasteiger partial charge >= 0.3 is 0 Å². The topological polar surface area (TPSA) is 53.0 Å². The van der Waals surface area contributed by atoms with E-state index in [1.165, 1.54) is 47.8 Å². The van der Waals surface area contributed by atoms with E-state index in [0.29, 0.717) is 12.1 Å². The summed E-state index contributed by atoms with van der Waals surface area (Å²) in [4.78, 5) is 8.70. The monoisotopic (exact) mass is 434 g/mol. The summed E-state index contributed by atoms with van der Waals surface area (Å²) in [7, 11) is 2.29. The number of aromatic nitrogens is 4. The first-order valence-corrected chi connectivity index (χ1v) is 12.1. The van der Waals surface area contributed by atoms with Crippen molar-refractivity contribution in [1.82, 2.24) is 24.6 Å². The molecule has 1 aromatic carbocycles. The van der Waals surface area contributed by atoms with E-state index in [4.69, 9.17) is 0 Å². The van der Waals surface area contributed by atoms with Crippen molar-refractivity contribution in [2.24, 2.45) is 0 Å². The van der Waals surface area contributed by atoms with Gasteiger partial charge in [0.1, 0.15) is 12.7 Å².